The number of likely N-dealkylation sites (N-methyl/N-ethyl adjacent to an activating group) is 1. The van der Waals surface area contributed by atoms with Crippen LogP contribution in [-0.4, -0.2) is 47.0 Å². The second-order valence-corrected chi connectivity index (χ2v) is 8.20. The van der Waals surface area contributed by atoms with Crippen molar-refractivity contribution in [3.8, 4) is 11.5 Å². The number of hydrogen-bond donors (Lipinski definition) is 2. The first-order valence-electron chi connectivity index (χ1n) is 7.82. The van der Waals surface area contributed by atoms with Crippen molar-refractivity contribution >= 4 is 22.6 Å². The van der Waals surface area contributed by atoms with Crippen molar-refractivity contribution < 1.29 is 14.9 Å². The van der Waals surface area contributed by atoms with Crippen molar-refractivity contribution in [2.24, 2.45) is 5.92 Å². The summed E-state index contributed by atoms with van der Waals surface area (Å²) in [6.07, 6.45) is 5.17. The lowest BCUT2D eigenvalue weighted by molar-refractivity contribution is -0.0454. The second-order valence-electron chi connectivity index (χ2n) is 7.04. The van der Waals surface area contributed by atoms with Crippen LogP contribution in [0.1, 0.15) is 17.5 Å². The van der Waals surface area contributed by atoms with Crippen LogP contribution in [0.25, 0.3) is 0 Å². The van der Waals surface area contributed by atoms with Gasteiger partial charge in [-0.3, -0.25) is 0 Å². The summed E-state index contributed by atoms with van der Waals surface area (Å²) in [5.41, 5.74) is 2.32. The van der Waals surface area contributed by atoms with Crippen LogP contribution in [0.3, 0.4) is 0 Å². The van der Waals surface area contributed by atoms with E-state index in [4.69, 9.17) is 4.74 Å². The highest BCUT2D eigenvalue weighted by molar-refractivity contribution is 14.1. The minimum atomic E-state index is -0.601. The fraction of sp³-hybridized carbons (Fsp3) is 0.529. The number of rotatable bonds is 0. The molecule has 1 saturated heterocycles. The minimum absolute atomic E-state index is 0.174. The van der Waals surface area contributed by atoms with E-state index in [2.05, 4.69) is 40.6 Å². The van der Waals surface area contributed by atoms with Crippen molar-refractivity contribution in [3.63, 3.8) is 0 Å². The van der Waals surface area contributed by atoms with Crippen LogP contribution in [0, 0.1) is 9.49 Å². The number of phenols is 1. The SMILES string of the molecule is CN1CC[C@]23c4c5c(I)cc(O)c4O[C@H]2[C@@H](O)C=C[C@H]3[C@H]1C5. The third kappa shape index (κ3) is 1.37. The molecule has 2 bridgehead atoms. The molecule has 2 aliphatic carbocycles. The Morgan fingerprint density at radius 3 is 3.05 bits per heavy atom. The highest BCUT2D eigenvalue weighted by atomic mass is 127. The van der Waals surface area contributed by atoms with Gasteiger partial charge in [-0.15, -0.1) is 0 Å². The second kappa shape index (κ2) is 4.19. The summed E-state index contributed by atoms with van der Waals surface area (Å²) in [6.45, 7) is 1.01. The van der Waals surface area contributed by atoms with Crippen LogP contribution >= 0.6 is 22.6 Å². The van der Waals surface area contributed by atoms with Gasteiger partial charge in [-0.2, -0.15) is 0 Å². The summed E-state index contributed by atoms with van der Waals surface area (Å²) in [5.74, 6) is 1.19. The normalized spacial score (nSPS) is 41.2. The molecule has 4 nitrogen and oxygen atoms in total. The molecule has 22 heavy (non-hydrogen) atoms. The zero-order valence-electron chi connectivity index (χ0n) is 12.3. The zero-order valence-corrected chi connectivity index (χ0v) is 14.4. The van der Waals surface area contributed by atoms with Gasteiger partial charge >= 0.3 is 0 Å². The molecular formula is C17H18INO3. The van der Waals surface area contributed by atoms with E-state index in [0.29, 0.717) is 17.7 Å². The average molecular weight is 411 g/mol. The summed E-state index contributed by atoms with van der Waals surface area (Å²) < 4.78 is 7.25. The van der Waals surface area contributed by atoms with E-state index in [1.165, 1.54) is 11.1 Å². The smallest absolute Gasteiger partial charge is 0.165 e. The third-order valence-electron chi connectivity index (χ3n) is 6.22. The fourth-order valence-electron chi connectivity index (χ4n) is 5.28. The maximum Gasteiger partial charge on any atom is 0.165 e. The lowest BCUT2D eigenvalue weighted by atomic mass is 9.53. The predicted octanol–water partition coefficient (Wildman–Crippen LogP) is 1.80. The summed E-state index contributed by atoms with van der Waals surface area (Å²) in [5, 5.41) is 20.9. The number of aromatic hydroxyl groups is 1. The monoisotopic (exact) mass is 411 g/mol. The molecule has 1 aromatic rings. The Balaban J connectivity index is 1.87. The molecular weight excluding hydrogens is 393 g/mol. The van der Waals surface area contributed by atoms with E-state index in [9.17, 15) is 10.2 Å². The molecule has 2 heterocycles. The lowest BCUT2D eigenvalue weighted by Gasteiger charge is -2.56. The van der Waals surface area contributed by atoms with E-state index in [0.717, 1.165) is 23.0 Å². The highest BCUT2D eigenvalue weighted by Crippen LogP contribution is 2.62. The number of halogens is 1. The summed E-state index contributed by atoms with van der Waals surface area (Å²) in [4.78, 5) is 2.44. The first-order chi connectivity index (χ1) is 10.5. The fourth-order valence-corrected chi connectivity index (χ4v) is 6.06. The molecule has 0 aromatic heterocycles. The van der Waals surface area contributed by atoms with E-state index in [1.807, 2.05) is 6.08 Å². The Morgan fingerprint density at radius 1 is 1.41 bits per heavy atom. The molecule has 1 fully saturated rings. The van der Waals surface area contributed by atoms with Gasteiger partial charge in [0.05, 0.1) is 0 Å². The number of hydrogen-bond acceptors (Lipinski definition) is 4. The molecule has 2 aliphatic heterocycles. The van der Waals surface area contributed by atoms with Gasteiger partial charge in [0.2, 0.25) is 0 Å². The number of nitrogens with zero attached hydrogens (tertiary/aromatic N) is 1. The van der Waals surface area contributed by atoms with Gasteiger partial charge in [-0.25, -0.2) is 0 Å². The number of aliphatic hydroxyl groups is 1. The largest absolute Gasteiger partial charge is 0.504 e. The molecule has 5 rings (SSSR count). The van der Waals surface area contributed by atoms with Gasteiger partial charge in [0.15, 0.2) is 11.5 Å². The molecule has 1 spiro atoms. The zero-order chi connectivity index (χ0) is 15.2. The molecule has 116 valence electrons. The molecule has 2 N–H and O–H groups in total. The van der Waals surface area contributed by atoms with Gasteiger partial charge in [-0.05, 0) is 60.7 Å². The topological polar surface area (TPSA) is 52.9 Å². The van der Waals surface area contributed by atoms with E-state index in [1.54, 1.807) is 6.07 Å². The quantitative estimate of drug-likeness (QED) is 0.505. The van der Waals surface area contributed by atoms with Gasteiger partial charge in [0.1, 0.15) is 12.2 Å². The minimum Gasteiger partial charge on any atom is -0.504 e. The number of ether oxygens (including phenoxy) is 1. The van der Waals surface area contributed by atoms with Crippen LogP contribution in [0.4, 0.5) is 0 Å². The van der Waals surface area contributed by atoms with Gasteiger partial charge < -0.3 is 19.8 Å². The molecule has 0 saturated carbocycles. The van der Waals surface area contributed by atoms with E-state index >= 15 is 0 Å². The number of aliphatic hydroxyl groups excluding tert-OH is 1. The Hall–Kier alpha value is -0.790. The van der Waals surface area contributed by atoms with Crippen molar-refractivity contribution in [2.75, 3.05) is 13.6 Å². The maximum absolute atomic E-state index is 10.5. The Labute approximate surface area is 142 Å². The van der Waals surface area contributed by atoms with Gasteiger partial charge in [-0.1, -0.05) is 12.2 Å². The molecule has 5 atom stereocenters. The first-order valence-corrected chi connectivity index (χ1v) is 8.90. The maximum atomic E-state index is 10.5. The van der Waals surface area contributed by atoms with E-state index < -0.39 is 6.10 Å². The molecule has 0 amide bonds. The summed E-state index contributed by atoms with van der Waals surface area (Å²) in [6, 6.07) is 2.25. The van der Waals surface area contributed by atoms with Crippen LogP contribution in [0.5, 0.6) is 11.5 Å². The number of likely N-dealkylation sites (tertiary alicyclic amines) is 1. The van der Waals surface area contributed by atoms with Gasteiger partial charge in [0, 0.05) is 26.5 Å². The Bertz CT molecular complexity index is 718. The summed E-state index contributed by atoms with van der Waals surface area (Å²) in [7, 11) is 2.19. The van der Waals surface area contributed by atoms with Crippen LogP contribution in [0.15, 0.2) is 18.2 Å². The Morgan fingerprint density at radius 2 is 2.23 bits per heavy atom. The Kier molecular flexibility index (Phi) is 2.59. The van der Waals surface area contributed by atoms with Crippen molar-refractivity contribution in [3.05, 3.63) is 32.9 Å². The molecule has 0 unspecified atom stereocenters. The van der Waals surface area contributed by atoms with Gasteiger partial charge in [0.25, 0.3) is 0 Å². The van der Waals surface area contributed by atoms with Crippen LogP contribution in [-0.2, 0) is 11.8 Å². The number of piperidine rings is 1. The number of phenolic OH excluding ortho intramolecular Hbond substituents is 1. The number of benzene rings is 1. The molecule has 1 aromatic carbocycles. The van der Waals surface area contributed by atoms with Crippen molar-refractivity contribution in [1.82, 2.24) is 4.90 Å². The summed E-state index contributed by atoms with van der Waals surface area (Å²) >= 11 is 2.32. The first kappa shape index (κ1) is 13.6. The predicted molar refractivity (Wildman–Crippen MR) is 90.3 cm³/mol. The highest BCUT2D eigenvalue weighted by Gasteiger charge is 2.64. The van der Waals surface area contributed by atoms with Crippen molar-refractivity contribution in [1.29, 1.82) is 0 Å². The van der Waals surface area contributed by atoms with Crippen LogP contribution < -0.4 is 4.74 Å². The third-order valence-corrected chi connectivity index (χ3v) is 7.19. The molecule has 4 aliphatic rings. The van der Waals surface area contributed by atoms with E-state index in [-0.39, 0.29) is 17.3 Å². The van der Waals surface area contributed by atoms with Crippen LogP contribution in [0.2, 0.25) is 0 Å². The average Bonchev–Trinajstić information content (AvgIpc) is 2.83. The standard InChI is InChI=1S/C17H18INO3/c1-19-5-4-17-9-2-3-12(20)16(17)22-15-13(21)7-10(18)8(14(15)17)6-11(9)19/h2-3,7,9,11-12,16,20-21H,4-6H2,1H3/t9-,11+,12-,16-,17-/m0/s1. The molecule has 5 heteroatoms. The molecule has 0 radical (unpaired) electrons. The lowest BCUT2D eigenvalue weighted by Crippen LogP contribution is -2.64. The van der Waals surface area contributed by atoms with Crippen molar-refractivity contribution in [2.45, 2.75) is 36.5 Å².